The van der Waals surface area contributed by atoms with Gasteiger partial charge in [-0.05, 0) is 37.0 Å². The third-order valence-electron chi connectivity index (χ3n) is 5.42. The van der Waals surface area contributed by atoms with Crippen LogP contribution in [0.25, 0.3) is 12.2 Å². The van der Waals surface area contributed by atoms with E-state index in [0.29, 0.717) is 36.5 Å². The Balaban J connectivity index is 2.04. The number of hydrogen-bond donors (Lipinski definition) is 3. The fourth-order valence-electron chi connectivity index (χ4n) is 3.73. The summed E-state index contributed by atoms with van der Waals surface area (Å²) in [6.07, 6.45) is 5.00. The van der Waals surface area contributed by atoms with Gasteiger partial charge in [-0.2, -0.15) is 0 Å². The number of nitrogens with one attached hydrogen (secondary N) is 2. The predicted octanol–water partition coefficient (Wildman–Crippen LogP) is 4.01. The van der Waals surface area contributed by atoms with E-state index >= 15 is 0 Å². The van der Waals surface area contributed by atoms with E-state index in [4.69, 9.17) is 9.47 Å². The van der Waals surface area contributed by atoms with Crippen LogP contribution in [0.4, 0.5) is 0 Å². The summed E-state index contributed by atoms with van der Waals surface area (Å²) in [5.74, 6) is -0.0338. The first kappa shape index (κ1) is 23.6. The van der Waals surface area contributed by atoms with Gasteiger partial charge in [0.2, 0.25) is 0 Å². The van der Waals surface area contributed by atoms with Gasteiger partial charge in [0.15, 0.2) is 0 Å². The minimum Gasteiger partial charge on any atom is -0.496 e. The maximum Gasteiger partial charge on any atom is 0.340 e. The summed E-state index contributed by atoms with van der Waals surface area (Å²) < 4.78 is 11.9. The number of aromatic carboxylic acids is 1. The summed E-state index contributed by atoms with van der Waals surface area (Å²) in [5, 5.41) is 16.9. The van der Waals surface area contributed by atoms with Crippen molar-refractivity contribution in [3.8, 4) is 11.5 Å². The molecule has 3 N–H and O–H groups in total. The largest absolute Gasteiger partial charge is 0.496 e. The van der Waals surface area contributed by atoms with Crippen LogP contribution in [-0.2, 0) is 6.42 Å². The summed E-state index contributed by atoms with van der Waals surface area (Å²) in [6.45, 7) is 8.84. The molecular formula is C26H32N2O4. The fourth-order valence-corrected chi connectivity index (χ4v) is 3.73. The lowest BCUT2D eigenvalue weighted by Crippen LogP contribution is -2.51. The molecule has 0 radical (unpaired) electrons. The molecule has 6 heteroatoms. The van der Waals surface area contributed by atoms with Crippen molar-refractivity contribution in [2.24, 2.45) is 0 Å². The zero-order valence-corrected chi connectivity index (χ0v) is 18.8. The maximum absolute atomic E-state index is 12.4. The number of ether oxygens (including phenoxy) is 2. The van der Waals surface area contributed by atoms with E-state index < -0.39 is 5.97 Å². The normalized spacial score (nSPS) is 16.1. The lowest BCUT2D eigenvalue weighted by Gasteiger charge is -2.26. The Morgan fingerprint density at radius 3 is 2.66 bits per heavy atom. The van der Waals surface area contributed by atoms with Gasteiger partial charge in [-0.1, -0.05) is 48.1 Å². The SMILES string of the molecule is C=C(C)CCc1c(OC)cc(/C=C/c2ccccc2)c(C(=O)O)c1OCC1CNCCN1. The van der Waals surface area contributed by atoms with Crippen molar-refractivity contribution in [1.29, 1.82) is 0 Å². The topological polar surface area (TPSA) is 79.8 Å². The molecule has 170 valence electrons. The predicted molar refractivity (Wildman–Crippen MR) is 129 cm³/mol. The first-order chi connectivity index (χ1) is 15.5. The molecule has 0 saturated carbocycles. The third kappa shape index (κ3) is 6.22. The number of allylic oxidation sites excluding steroid dienone is 1. The van der Waals surface area contributed by atoms with E-state index in [-0.39, 0.29) is 11.6 Å². The van der Waals surface area contributed by atoms with Crippen molar-refractivity contribution < 1.29 is 19.4 Å². The molecule has 1 unspecified atom stereocenters. The van der Waals surface area contributed by atoms with Gasteiger partial charge in [0, 0.05) is 25.2 Å². The lowest BCUT2D eigenvalue weighted by molar-refractivity contribution is 0.0691. The smallest absolute Gasteiger partial charge is 0.340 e. The highest BCUT2D eigenvalue weighted by atomic mass is 16.5. The zero-order chi connectivity index (χ0) is 22.9. The first-order valence-corrected chi connectivity index (χ1v) is 10.9. The molecule has 32 heavy (non-hydrogen) atoms. The minimum absolute atomic E-state index is 0.105. The van der Waals surface area contributed by atoms with Gasteiger partial charge < -0.3 is 25.2 Å². The second kappa shape index (κ2) is 11.5. The van der Waals surface area contributed by atoms with E-state index in [0.717, 1.165) is 36.3 Å². The van der Waals surface area contributed by atoms with Crippen molar-refractivity contribution in [2.45, 2.75) is 25.8 Å². The first-order valence-electron chi connectivity index (χ1n) is 10.9. The molecule has 3 rings (SSSR count). The number of carbonyl (C=O) groups is 1. The Morgan fingerprint density at radius 1 is 1.25 bits per heavy atom. The van der Waals surface area contributed by atoms with Crippen molar-refractivity contribution in [1.82, 2.24) is 10.6 Å². The van der Waals surface area contributed by atoms with Gasteiger partial charge in [-0.3, -0.25) is 0 Å². The van der Waals surface area contributed by atoms with Gasteiger partial charge >= 0.3 is 5.97 Å². The van der Waals surface area contributed by atoms with Crippen LogP contribution < -0.4 is 20.1 Å². The van der Waals surface area contributed by atoms with Crippen LogP contribution in [0.2, 0.25) is 0 Å². The van der Waals surface area contributed by atoms with Crippen LogP contribution in [0.3, 0.4) is 0 Å². The second-order valence-corrected chi connectivity index (χ2v) is 8.02. The van der Waals surface area contributed by atoms with Crippen LogP contribution in [-0.4, -0.2) is 50.5 Å². The van der Waals surface area contributed by atoms with Crippen molar-refractivity contribution in [2.75, 3.05) is 33.4 Å². The summed E-state index contributed by atoms with van der Waals surface area (Å²) in [5.41, 5.74) is 3.45. The molecule has 2 aromatic carbocycles. The molecule has 1 aliphatic heterocycles. The molecule has 6 nitrogen and oxygen atoms in total. The van der Waals surface area contributed by atoms with E-state index in [1.54, 1.807) is 19.3 Å². The summed E-state index contributed by atoms with van der Waals surface area (Å²) >= 11 is 0. The van der Waals surface area contributed by atoms with Crippen LogP contribution in [0.15, 0.2) is 48.6 Å². The summed E-state index contributed by atoms with van der Waals surface area (Å²) in [6, 6.07) is 11.7. The lowest BCUT2D eigenvalue weighted by atomic mass is 9.96. The molecule has 0 aliphatic carbocycles. The van der Waals surface area contributed by atoms with E-state index in [1.807, 2.05) is 43.3 Å². The molecule has 0 spiro atoms. The van der Waals surface area contributed by atoms with Gasteiger partial charge in [0.1, 0.15) is 23.7 Å². The van der Waals surface area contributed by atoms with Gasteiger partial charge in [0.25, 0.3) is 0 Å². The number of hydrogen-bond acceptors (Lipinski definition) is 5. The quantitative estimate of drug-likeness (QED) is 0.386. The molecule has 2 aromatic rings. The standard InChI is InChI=1S/C26H32N2O4/c1-18(2)9-12-22-23(31-3)15-20(11-10-19-7-5-4-6-8-19)24(26(29)30)25(22)32-17-21-16-27-13-14-28-21/h4-8,10-11,15,21,27-28H,1,9,12-14,16-17H2,2-3H3,(H,29,30)/b11-10+. The van der Waals surface area contributed by atoms with Crippen molar-refractivity contribution in [3.63, 3.8) is 0 Å². The molecule has 1 saturated heterocycles. The number of benzene rings is 2. The molecular weight excluding hydrogens is 404 g/mol. The highest BCUT2D eigenvalue weighted by molar-refractivity contribution is 5.97. The molecule has 0 bridgehead atoms. The Morgan fingerprint density at radius 2 is 2.03 bits per heavy atom. The average Bonchev–Trinajstić information content (AvgIpc) is 2.80. The summed E-state index contributed by atoms with van der Waals surface area (Å²) in [4.78, 5) is 12.4. The highest BCUT2D eigenvalue weighted by Crippen LogP contribution is 2.38. The number of methoxy groups -OCH3 is 1. The second-order valence-electron chi connectivity index (χ2n) is 8.02. The number of rotatable bonds is 10. The van der Waals surface area contributed by atoms with Crippen LogP contribution in [0.1, 0.15) is 40.4 Å². The van der Waals surface area contributed by atoms with Gasteiger partial charge in [-0.25, -0.2) is 4.79 Å². The molecule has 0 amide bonds. The minimum atomic E-state index is -1.03. The van der Waals surface area contributed by atoms with Crippen LogP contribution in [0, 0.1) is 0 Å². The molecule has 1 atom stereocenters. The maximum atomic E-state index is 12.4. The van der Waals surface area contributed by atoms with Crippen molar-refractivity contribution >= 4 is 18.1 Å². The fraction of sp³-hybridized carbons (Fsp3) is 0.346. The number of carboxylic acid groups (broad SMARTS) is 1. The van der Waals surface area contributed by atoms with Crippen LogP contribution in [0.5, 0.6) is 11.5 Å². The number of carboxylic acids is 1. The van der Waals surface area contributed by atoms with Gasteiger partial charge in [-0.15, -0.1) is 6.58 Å². The number of piperazine rings is 1. The summed E-state index contributed by atoms with van der Waals surface area (Å²) in [7, 11) is 1.60. The molecule has 1 heterocycles. The van der Waals surface area contributed by atoms with Crippen molar-refractivity contribution in [3.05, 3.63) is 70.8 Å². The Hall–Kier alpha value is -3.09. The monoisotopic (exact) mass is 436 g/mol. The average molecular weight is 437 g/mol. The van der Waals surface area contributed by atoms with E-state index in [9.17, 15) is 9.90 Å². The Bertz CT molecular complexity index is 964. The van der Waals surface area contributed by atoms with Crippen LogP contribution >= 0.6 is 0 Å². The molecule has 1 aliphatic rings. The highest BCUT2D eigenvalue weighted by Gasteiger charge is 2.25. The Labute approximate surface area is 189 Å². The molecule has 1 fully saturated rings. The molecule has 0 aromatic heterocycles. The zero-order valence-electron chi connectivity index (χ0n) is 18.8. The van der Waals surface area contributed by atoms with E-state index in [2.05, 4.69) is 17.2 Å². The van der Waals surface area contributed by atoms with Gasteiger partial charge in [0.05, 0.1) is 13.2 Å². The Kier molecular flexibility index (Phi) is 8.48. The third-order valence-corrected chi connectivity index (χ3v) is 5.42. The van der Waals surface area contributed by atoms with E-state index in [1.165, 1.54) is 0 Å².